The number of nitrogens with zero attached hydrogens (tertiary/aromatic N) is 1. The van der Waals surface area contributed by atoms with E-state index in [0.29, 0.717) is 12.1 Å². The number of sulfonamides is 1. The first kappa shape index (κ1) is 20.9. The zero-order valence-corrected chi connectivity index (χ0v) is 17.2. The van der Waals surface area contributed by atoms with Gasteiger partial charge in [-0.15, -0.1) is 0 Å². The van der Waals surface area contributed by atoms with Gasteiger partial charge in [-0.05, 0) is 62.7 Å². The average molecular weight is 390 g/mol. The lowest BCUT2D eigenvalue weighted by Crippen LogP contribution is -2.40. The van der Waals surface area contributed by atoms with Crippen molar-refractivity contribution in [2.45, 2.75) is 37.8 Å². The Morgan fingerprint density at radius 2 is 1.52 bits per heavy atom. The lowest BCUT2D eigenvalue weighted by atomic mass is 10.1. The van der Waals surface area contributed by atoms with E-state index in [2.05, 4.69) is 10.0 Å². The summed E-state index contributed by atoms with van der Waals surface area (Å²) in [6, 6.07) is 13.8. The van der Waals surface area contributed by atoms with Crippen molar-refractivity contribution in [2.24, 2.45) is 0 Å². The predicted octanol–water partition coefficient (Wildman–Crippen LogP) is 2.76. The Morgan fingerprint density at radius 1 is 0.963 bits per heavy atom. The zero-order chi connectivity index (χ0) is 20.2. The lowest BCUT2D eigenvalue weighted by molar-refractivity contribution is 0.0951. The molecular formula is C20H27N3O3S. The molecule has 7 heteroatoms. The molecule has 0 saturated heterocycles. The summed E-state index contributed by atoms with van der Waals surface area (Å²) in [5, 5.41) is 2.84. The first-order valence-electron chi connectivity index (χ1n) is 8.66. The van der Waals surface area contributed by atoms with Gasteiger partial charge < -0.3 is 10.2 Å². The monoisotopic (exact) mass is 389 g/mol. The fourth-order valence-corrected chi connectivity index (χ4v) is 3.86. The average Bonchev–Trinajstić information content (AvgIpc) is 2.58. The summed E-state index contributed by atoms with van der Waals surface area (Å²) in [6.07, 6.45) is 0. The molecule has 0 atom stereocenters. The number of carbonyl (C=O) groups is 1. The summed E-state index contributed by atoms with van der Waals surface area (Å²) >= 11 is 0. The second-order valence-corrected chi connectivity index (χ2v) is 9.31. The number of hydrogen-bond donors (Lipinski definition) is 2. The molecule has 27 heavy (non-hydrogen) atoms. The number of amides is 1. The molecule has 0 bridgehead atoms. The SMILES string of the molecule is CN(C)c1ccc(CNC(=O)c2ccc(S(=O)(=O)NC(C)(C)C)cc2)cc1. The van der Waals surface area contributed by atoms with Crippen molar-refractivity contribution in [2.75, 3.05) is 19.0 Å². The molecule has 0 aliphatic rings. The molecule has 0 heterocycles. The first-order chi connectivity index (χ1) is 12.5. The summed E-state index contributed by atoms with van der Waals surface area (Å²) in [4.78, 5) is 14.4. The minimum absolute atomic E-state index is 0.133. The van der Waals surface area contributed by atoms with Gasteiger partial charge in [-0.25, -0.2) is 13.1 Å². The van der Waals surface area contributed by atoms with Gasteiger partial charge in [0.1, 0.15) is 0 Å². The van der Waals surface area contributed by atoms with Crippen molar-refractivity contribution >= 4 is 21.6 Å². The molecule has 1 amide bonds. The molecular weight excluding hydrogens is 362 g/mol. The third-order valence-electron chi connectivity index (χ3n) is 3.77. The molecule has 0 unspecified atom stereocenters. The summed E-state index contributed by atoms with van der Waals surface area (Å²) in [7, 11) is 0.327. The third-order valence-corrected chi connectivity index (χ3v) is 5.55. The van der Waals surface area contributed by atoms with Crippen LogP contribution in [0.5, 0.6) is 0 Å². The van der Waals surface area contributed by atoms with E-state index < -0.39 is 15.6 Å². The molecule has 0 radical (unpaired) electrons. The minimum atomic E-state index is -3.61. The predicted molar refractivity (Wildman–Crippen MR) is 108 cm³/mol. The van der Waals surface area contributed by atoms with Crippen LogP contribution in [-0.4, -0.2) is 34.0 Å². The highest BCUT2D eigenvalue weighted by Gasteiger charge is 2.22. The number of hydrogen-bond acceptors (Lipinski definition) is 4. The molecule has 6 nitrogen and oxygen atoms in total. The maximum atomic E-state index is 12.3. The van der Waals surface area contributed by atoms with Crippen molar-refractivity contribution in [1.29, 1.82) is 0 Å². The maximum Gasteiger partial charge on any atom is 0.251 e. The lowest BCUT2D eigenvalue weighted by Gasteiger charge is -2.20. The zero-order valence-electron chi connectivity index (χ0n) is 16.4. The molecule has 2 N–H and O–H groups in total. The maximum absolute atomic E-state index is 12.3. The normalized spacial score (nSPS) is 11.9. The van der Waals surface area contributed by atoms with Crippen LogP contribution in [-0.2, 0) is 16.6 Å². The van der Waals surface area contributed by atoms with Crippen LogP contribution in [0.4, 0.5) is 5.69 Å². The van der Waals surface area contributed by atoms with Gasteiger partial charge in [-0.3, -0.25) is 4.79 Å². The second-order valence-electron chi connectivity index (χ2n) is 7.62. The van der Waals surface area contributed by atoms with E-state index in [0.717, 1.165) is 11.3 Å². The fraction of sp³-hybridized carbons (Fsp3) is 0.350. The van der Waals surface area contributed by atoms with E-state index in [-0.39, 0.29) is 10.8 Å². The van der Waals surface area contributed by atoms with E-state index in [1.165, 1.54) is 24.3 Å². The molecule has 146 valence electrons. The topological polar surface area (TPSA) is 78.5 Å². The highest BCUT2D eigenvalue weighted by Crippen LogP contribution is 2.15. The standard InChI is InChI=1S/C20H27N3O3S/c1-20(2,3)22-27(25,26)18-12-8-16(9-13-18)19(24)21-14-15-6-10-17(11-7-15)23(4)5/h6-13,22H,14H2,1-5H3,(H,21,24). The van der Waals surface area contributed by atoms with Crippen molar-refractivity contribution in [3.05, 3.63) is 59.7 Å². The molecule has 0 spiro atoms. The number of anilines is 1. The molecule has 2 aromatic carbocycles. The number of benzene rings is 2. The number of carbonyl (C=O) groups excluding carboxylic acids is 1. The number of rotatable bonds is 6. The van der Waals surface area contributed by atoms with Crippen LogP contribution in [0.1, 0.15) is 36.7 Å². The highest BCUT2D eigenvalue weighted by atomic mass is 32.2. The van der Waals surface area contributed by atoms with Crippen LogP contribution in [0, 0.1) is 0 Å². The summed E-state index contributed by atoms with van der Waals surface area (Å²) in [5.41, 5.74) is 1.92. The molecule has 0 aromatic heterocycles. The van der Waals surface area contributed by atoms with E-state index in [1.807, 2.05) is 43.3 Å². The molecule has 0 fully saturated rings. The van der Waals surface area contributed by atoms with Crippen molar-refractivity contribution in [1.82, 2.24) is 10.0 Å². The van der Waals surface area contributed by atoms with Gasteiger partial charge in [-0.2, -0.15) is 0 Å². The Labute approximate surface area is 161 Å². The van der Waals surface area contributed by atoms with E-state index in [4.69, 9.17) is 0 Å². The fourth-order valence-electron chi connectivity index (χ4n) is 2.44. The molecule has 0 saturated carbocycles. The summed E-state index contributed by atoms with van der Waals surface area (Å²) in [5.74, 6) is -0.251. The van der Waals surface area contributed by atoms with Gasteiger partial charge in [0.25, 0.3) is 5.91 Å². The van der Waals surface area contributed by atoms with Crippen LogP contribution < -0.4 is 14.9 Å². The van der Waals surface area contributed by atoms with Crippen molar-refractivity contribution in [3.63, 3.8) is 0 Å². The van der Waals surface area contributed by atoms with Crippen molar-refractivity contribution in [3.8, 4) is 0 Å². The third kappa shape index (κ3) is 6.08. The Hall–Kier alpha value is -2.38. The van der Waals surface area contributed by atoms with Crippen LogP contribution in [0.2, 0.25) is 0 Å². The van der Waals surface area contributed by atoms with Gasteiger partial charge in [0.05, 0.1) is 4.90 Å². The van der Waals surface area contributed by atoms with Crippen LogP contribution >= 0.6 is 0 Å². The first-order valence-corrected chi connectivity index (χ1v) is 10.1. The summed E-state index contributed by atoms with van der Waals surface area (Å²) in [6.45, 7) is 5.73. The van der Waals surface area contributed by atoms with Crippen LogP contribution in [0.3, 0.4) is 0 Å². The van der Waals surface area contributed by atoms with Gasteiger partial charge in [0.2, 0.25) is 10.0 Å². The highest BCUT2D eigenvalue weighted by molar-refractivity contribution is 7.89. The van der Waals surface area contributed by atoms with Gasteiger partial charge in [0, 0.05) is 37.4 Å². The Morgan fingerprint density at radius 3 is 2.00 bits per heavy atom. The van der Waals surface area contributed by atoms with E-state index in [9.17, 15) is 13.2 Å². The summed E-state index contributed by atoms with van der Waals surface area (Å²) < 4.78 is 27.2. The molecule has 2 rings (SSSR count). The second kappa shape index (κ2) is 8.10. The van der Waals surface area contributed by atoms with Crippen LogP contribution in [0.25, 0.3) is 0 Å². The Bertz CT molecular complexity index is 882. The molecule has 2 aromatic rings. The molecule has 0 aliphatic carbocycles. The van der Waals surface area contributed by atoms with E-state index in [1.54, 1.807) is 20.8 Å². The largest absolute Gasteiger partial charge is 0.378 e. The quantitative estimate of drug-likeness (QED) is 0.796. The number of nitrogens with one attached hydrogen (secondary N) is 2. The van der Waals surface area contributed by atoms with Crippen molar-refractivity contribution < 1.29 is 13.2 Å². The van der Waals surface area contributed by atoms with E-state index >= 15 is 0 Å². The smallest absolute Gasteiger partial charge is 0.251 e. The van der Waals surface area contributed by atoms with Gasteiger partial charge in [-0.1, -0.05) is 12.1 Å². The Balaban J connectivity index is 2.01. The minimum Gasteiger partial charge on any atom is -0.378 e. The van der Waals surface area contributed by atoms with Gasteiger partial charge >= 0.3 is 0 Å². The molecule has 0 aliphatic heterocycles. The van der Waals surface area contributed by atoms with Crippen LogP contribution in [0.15, 0.2) is 53.4 Å². The Kier molecular flexibility index (Phi) is 6.28. The van der Waals surface area contributed by atoms with Gasteiger partial charge in [0.15, 0.2) is 0 Å².